The Bertz CT molecular complexity index is 467. The van der Waals surface area contributed by atoms with E-state index in [1.807, 2.05) is 0 Å². The lowest BCUT2D eigenvalue weighted by atomic mass is 10.3. The van der Waals surface area contributed by atoms with Crippen molar-refractivity contribution in [2.45, 2.75) is 4.90 Å². The molecule has 0 fully saturated rings. The van der Waals surface area contributed by atoms with Gasteiger partial charge < -0.3 is 10.8 Å². The van der Waals surface area contributed by atoms with Gasteiger partial charge in [0.1, 0.15) is 0 Å². The van der Waals surface area contributed by atoms with E-state index in [2.05, 4.69) is 36.6 Å². The van der Waals surface area contributed by atoms with Gasteiger partial charge in [0.25, 0.3) is 0 Å². The smallest absolute Gasteiger partial charge is 0.240 e. The number of nitrogens with one attached hydrogen (secondary N) is 1. The lowest BCUT2D eigenvalue weighted by Crippen LogP contribution is -2.26. The van der Waals surface area contributed by atoms with Gasteiger partial charge in [0.15, 0.2) is 0 Å². The minimum atomic E-state index is -3.61. The topological polar surface area (TPSA) is 92.4 Å². The molecule has 90 valence electrons. The number of nitrogens with two attached hydrogens (primary N) is 1. The van der Waals surface area contributed by atoms with Gasteiger partial charge in [-0.2, -0.15) is 0 Å². The minimum Gasteiger partial charge on any atom is -0.397 e. The summed E-state index contributed by atoms with van der Waals surface area (Å²) in [4.78, 5) is 0.0777. The molecular formula is C8H10Br2N2O3S. The molecule has 0 spiro atoms. The Morgan fingerprint density at radius 1 is 1.31 bits per heavy atom. The number of aliphatic hydroxyl groups excluding tert-OH is 1. The molecule has 1 aromatic rings. The predicted octanol–water partition coefficient (Wildman–Crippen LogP) is 1.06. The molecule has 0 aliphatic carbocycles. The number of halogens is 2. The van der Waals surface area contributed by atoms with E-state index < -0.39 is 10.0 Å². The predicted molar refractivity (Wildman–Crippen MR) is 68.5 cm³/mol. The van der Waals surface area contributed by atoms with Crippen molar-refractivity contribution in [2.24, 2.45) is 0 Å². The second kappa shape index (κ2) is 5.46. The molecule has 0 bridgehead atoms. The summed E-state index contributed by atoms with van der Waals surface area (Å²) in [6.07, 6.45) is 0. The molecule has 0 radical (unpaired) electrons. The molecule has 0 amide bonds. The van der Waals surface area contributed by atoms with Crippen LogP contribution in [-0.4, -0.2) is 26.7 Å². The van der Waals surface area contributed by atoms with Gasteiger partial charge in [-0.1, -0.05) is 0 Å². The van der Waals surface area contributed by atoms with Crippen molar-refractivity contribution in [1.29, 1.82) is 0 Å². The van der Waals surface area contributed by atoms with Crippen molar-refractivity contribution in [1.82, 2.24) is 4.72 Å². The molecule has 0 aliphatic heterocycles. The Morgan fingerprint density at radius 2 is 1.81 bits per heavy atom. The van der Waals surface area contributed by atoms with Gasteiger partial charge in [0.2, 0.25) is 10.0 Å². The summed E-state index contributed by atoms with van der Waals surface area (Å²) >= 11 is 6.32. The summed E-state index contributed by atoms with van der Waals surface area (Å²) in [6.45, 7) is -0.279. The highest BCUT2D eigenvalue weighted by Gasteiger charge is 2.16. The van der Waals surface area contributed by atoms with Crippen LogP contribution in [0.25, 0.3) is 0 Å². The van der Waals surface area contributed by atoms with E-state index in [0.29, 0.717) is 14.6 Å². The molecule has 0 saturated heterocycles. The number of rotatable bonds is 4. The first-order chi connectivity index (χ1) is 7.38. The number of aliphatic hydroxyl groups is 1. The second-order valence-corrected chi connectivity index (χ2v) is 6.40. The zero-order valence-corrected chi connectivity index (χ0v) is 12.1. The maximum Gasteiger partial charge on any atom is 0.240 e. The Balaban J connectivity index is 3.14. The SMILES string of the molecule is Nc1c(Br)cc(S(=O)(=O)NCCO)cc1Br. The van der Waals surface area contributed by atoms with Crippen LogP contribution >= 0.6 is 31.9 Å². The van der Waals surface area contributed by atoms with Crippen LogP contribution in [-0.2, 0) is 10.0 Å². The second-order valence-electron chi connectivity index (χ2n) is 2.92. The van der Waals surface area contributed by atoms with Gasteiger partial charge in [-0.05, 0) is 44.0 Å². The fourth-order valence-corrected chi connectivity index (χ4v) is 3.54. The average Bonchev–Trinajstić information content (AvgIpc) is 2.22. The van der Waals surface area contributed by atoms with Gasteiger partial charge in [-0.25, -0.2) is 13.1 Å². The molecule has 16 heavy (non-hydrogen) atoms. The van der Waals surface area contributed by atoms with Gasteiger partial charge in [0.05, 0.1) is 17.2 Å². The molecule has 5 nitrogen and oxygen atoms in total. The van der Waals surface area contributed by atoms with Crippen LogP contribution in [0.2, 0.25) is 0 Å². The van der Waals surface area contributed by atoms with E-state index in [1.54, 1.807) is 0 Å². The third-order valence-corrected chi connectivity index (χ3v) is 4.52. The lowest BCUT2D eigenvalue weighted by molar-refractivity contribution is 0.301. The molecule has 0 atom stereocenters. The zero-order valence-electron chi connectivity index (χ0n) is 8.07. The highest BCUT2D eigenvalue weighted by atomic mass is 79.9. The van der Waals surface area contributed by atoms with E-state index in [4.69, 9.17) is 10.8 Å². The first-order valence-corrected chi connectivity index (χ1v) is 7.30. The van der Waals surface area contributed by atoms with E-state index in [-0.39, 0.29) is 18.0 Å². The third kappa shape index (κ3) is 3.17. The Labute approximate surface area is 110 Å². The fourth-order valence-electron chi connectivity index (χ4n) is 0.980. The van der Waals surface area contributed by atoms with Crippen molar-refractivity contribution in [2.75, 3.05) is 18.9 Å². The quantitative estimate of drug-likeness (QED) is 0.688. The van der Waals surface area contributed by atoms with Gasteiger partial charge in [-0.15, -0.1) is 0 Å². The Hall–Kier alpha value is -0.150. The van der Waals surface area contributed by atoms with Crippen LogP contribution in [0.3, 0.4) is 0 Å². The maximum atomic E-state index is 11.7. The highest BCUT2D eigenvalue weighted by Crippen LogP contribution is 2.31. The summed E-state index contributed by atoms with van der Waals surface area (Å²) < 4.78 is 26.6. The molecule has 0 heterocycles. The van der Waals surface area contributed by atoms with Gasteiger partial charge >= 0.3 is 0 Å². The van der Waals surface area contributed by atoms with Crippen LogP contribution in [0.5, 0.6) is 0 Å². The molecule has 1 rings (SSSR count). The van der Waals surface area contributed by atoms with Crippen molar-refractivity contribution >= 4 is 47.6 Å². The van der Waals surface area contributed by atoms with E-state index >= 15 is 0 Å². The summed E-state index contributed by atoms with van der Waals surface area (Å²) in [5, 5.41) is 8.56. The molecule has 4 N–H and O–H groups in total. The Kier molecular flexibility index (Phi) is 4.74. The standard InChI is InChI=1S/C8H10Br2N2O3S/c9-6-3-5(4-7(10)8(6)11)16(14,15)12-1-2-13/h3-4,12-13H,1-2,11H2. The summed E-state index contributed by atoms with van der Waals surface area (Å²) in [7, 11) is -3.61. The average molecular weight is 374 g/mol. The number of benzene rings is 1. The van der Waals surface area contributed by atoms with E-state index in [1.165, 1.54) is 12.1 Å². The van der Waals surface area contributed by atoms with Crippen molar-refractivity contribution in [3.05, 3.63) is 21.1 Å². The molecule has 0 aliphatic rings. The van der Waals surface area contributed by atoms with Crippen molar-refractivity contribution in [3.63, 3.8) is 0 Å². The maximum absolute atomic E-state index is 11.7. The highest BCUT2D eigenvalue weighted by molar-refractivity contribution is 9.11. The van der Waals surface area contributed by atoms with Crippen LogP contribution in [0, 0.1) is 0 Å². The summed E-state index contributed by atoms with van der Waals surface area (Å²) in [5.74, 6) is 0. The number of anilines is 1. The van der Waals surface area contributed by atoms with Crippen LogP contribution in [0.4, 0.5) is 5.69 Å². The summed E-state index contributed by atoms with van der Waals surface area (Å²) in [6, 6.07) is 2.81. The minimum absolute atomic E-state index is 0.0258. The van der Waals surface area contributed by atoms with E-state index in [9.17, 15) is 8.42 Å². The number of sulfonamides is 1. The Morgan fingerprint density at radius 3 is 2.25 bits per heavy atom. The molecule has 0 aromatic heterocycles. The third-order valence-electron chi connectivity index (χ3n) is 1.77. The van der Waals surface area contributed by atoms with Gasteiger partial charge in [-0.3, -0.25) is 0 Å². The zero-order chi connectivity index (χ0) is 12.3. The van der Waals surface area contributed by atoms with Crippen LogP contribution < -0.4 is 10.5 Å². The van der Waals surface area contributed by atoms with Gasteiger partial charge in [0, 0.05) is 15.5 Å². The number of hydrogen-bond donors (Lipinski definition) is 3. The molecule has 0 unspecified atom stereocenters. The largest absolute Gasteiger partial charge is 0.397 e. The molecule has 0 saturated carbocycles. The first kappa shape index (κ1) is 13.9. The molecule has 8 heteroatoms. The molecule has 1 aromatic carbocycles. The lowest BCUT2D eigenvalue weighted by Gasteiger charge is -2.08. The normalized spacial score (nSPS) is 11.7. The van der Waals surface area contributed by atoms with E-state index in [0.717, 1.165) is 0 Å². The number of hydrogen-bond acceptors (Lipinski definition) is 4. The molecular weight excluding hydrogens is 364 g/mol. The van der Waals surface area contributed by atoms with Crippen molar-refractivity contribution in [3.8, 4) is 0 Å². The fraction of sp³-hybridized carbons (Fsp3) is 0.250. The first-order valence-electron chi connectivity index (χ1n) is 4.23. The summed E-state index contributed by atoms with van der Waals surface area (Å²) in [5.41, 5.74) is 6.08. The number of nitrogen functional groups attached to an aromatic ring is 1. The van der Waals surface area contributed by atoms with Crippen LogP contribution in [0.1, 0.15) is 0 Å². The van der Waals surface area contributed by atoms with Crippen molar-refractivity contribution < 1.29 is 13.5 Å². The monoisotopic (exact) mass is 372 g/mol. The van der Waals surface area contributed by atoms with Crippen LogP contribution in [0.15, 0.2) is 26.0 Å².